The molecule has 0 aromatic carbocycles. The Morgan fingerprint density at radius 3 is 2.78 bits per heavy atom. The number of anilines is 1. The van der Waals surface area contributed by atoms with E-state index in [0.717, 1.165) is 6.26 Å². The molecule has 0 atom stereocenters. The number of rotatable bonds is 3. The number of hydrogen-bond donors (Lipinski definition) is 1. The predicted molar refractivity (Wildman–Crippen MR) is 64.5 cm³/mol. The molecule has 0 saturated heterocycles. The lowest BCUT2D eigenvalue weighted by Crippen LogP contribution is -2.14. The molecule has 0 unspecified atom stereocenters. The summed E-state index contributed by atoms with van der Waals surface area (Å²) in [5.41, 5.74) is 0.131. The number of nitriles is 1. The minimum absolute atomic E-state index is 0.0821. The van der Waals surface area contributed by atoms with E-state index in [1.165, 1.54) is 10.9 Å². The molecule has 2 aromatic heterocycles. The lowest BCUT2D eigenvalue weighted by atomic mass is 10.4. The topological polar surface area (TPSA) is 101 Å². The van der Waals surface area contributed by atoms with Gasteiger partial charge in [0.05, 0.1) is 12.5 Å². The molecule has 0 fully saturated rings. The fraction of sp³-hybridized carbons (Fsp3) is 0.100. The van der Waals surface area contributed by atoms with E-state index in [9.17, 15) is 8.42 Å². The summed E-state index contributed by atoms with van der Waals surface area (Å²) in [7, 11) is -3.50. The molecule has 0 radical (unpaired) electrons. The van der Waals surface area contributed by atoms with E-state index in [2.05, 4.69) is 14.8 Å². The highest BCUT2D eigenvalue weighted by Crippen LogP contribution is 2.18. The minimum atomic E-state index is -3.50. The standard InChI is InChI=1S/C10H9N5O2S/c1-18(16,17)14-10-8(6-11)7-13-15(10)9-4-2-3-5-12-9/h2-5,7,14H,1H3. The molecule has 18 heavy (non-hydrogen) atoms. The second-order valence-electron chi connectivity index (χ2n) is 3.49. The van der Waals surface area contributed by atoms with Gasteiger partial charge in [0.15, 0.2) is 11.6 Å². The Bertz CT molecular complexity index is 700. The van der Waals surface area contributed by atoms with Gasteiger partial charge in [0, 0.05) is 6.20 Å². The van der Waals surface area contributed by atoms with Crippen molar-refractivity contribution in [1.29, 1.82) is 5.26 Å². The summed E-state index contributed by atoms with van der Waals surface area (Å²) in [6.45, 7) is 0. The third kappa shape index (κ3) is 2.46. The van der Waals surface area contributed by atoms with Crippen molar-refractivity contribution < 1.29 is 8.42 Å². The second-order valence-corrected chi connectivity index (χ2v) is 5.24. The predicted octanol–water partition coefficient (Wildman–Crippen LogP) is 0.510. The lowest BCUT2D eigenvalue weighted by molar-refractivity contribution is 0.606. The Hall–Kier alpha value is -2.40. The Balaban J connectivity index is 2.57. The number of pyridine rings is 1. The molecule has 2 aromatic rings. The van der Waals surface area contributed by atoms with Gasteiger partial charge in [-0.1, -0.05) is 6.07 Å². The van der Waals surface area contributed by atoms with Gasteiger partial charge in [-0.3, -0.25) is 4.72 Å². The summed E-state index contributed by atoms with van der Waals surface area (Å²) < 4.78 is 26.1. The fourth-order valence-corrected chi connectivity index (χ4v) is 1.90. The summed E-state index contributed by atoms with van der Waals surface area (Å²) >= 11 is 0. The molecular weight excluding hydrogens is 254 g/mol. The molecule has 8 heteroatoms. The summed E-state index contributed by atoms with van der Waals surface area (Å²) in [6.07, 6.45) is 3.83. The number of hydrogen-bond acceptors (Lipinski definition) is 5. The highest BCUT2D eigenvalue weighted by atomic mass is 32.2. The van der Waals surface area contributed by atoms with Gasteiger partial charge >= 0.3 is 0 Å². The molecule has 0 aliphatic rings. The smallest absolute Gasteiger partial charge is 0.231 e. The molecule has 2 heterocycles. The monoisotopic (exact) mass is 263 g/mol. The van der Waals surface area contributed by atoms with Crippen LogP contribution in [0.15, 0.2) is 30.6 Å². The minimum Gasteiger partial charge on any atom is -0.266 e. The molecule has 92 valence electrons. The first-order valence-electron chi connectivity index (χ1n) is 4.88. The summed E-state index contributed by atoms with van der Waals surface area (Å²) in [4.78, 5) is 4.04. The van der Waals surface area contributed by atoms with Crippen molar-refractivity contribution >= 4 is 15.8 Å². The SMILES string of the molecule is CS(=O)(=O)Nc1c(C#N)cnn1-c1ccccn1. The molecule has 2 rings (SSSR count). The van der Waals surface area contributed by atoms with Crippen LogP contribution in [0.4, 0.5) is 5.82 Å². The zero-order chi connectivity index (χ0) is 13.2. The maximum atomic E-state index is 11.3. The molecule has 0 bridgehead atoms. The summed E-state index contributed by atoms with van der Waals surface area (Å²) in [5, 5.41) is 12.9. The number of nitrogens with zero attached hydrogens (tertiary/aromatic N) is 4. The molecule has 0 aliphatic heterocycles. The van der Waals surface area contributed by atoms with Crippen molar-refractivity contribution in [3.05, 3.63) is 36.2 Å². The van der Waals surface area contributed by atoms with E-state index in [1.54, 1.807) is 24.4 Å². The highest BCUT2D eigenvalue weighted by molar-refractivity contribution is 7.92. The van der Waals surface area contributed by atoms with Crippen LogP contribution in [-0.4, -0.2) is 29.4 Å². The van der Waals surface area contributed by atoms with Gasteiger partial charge in [-0.2, -0.15) is 15.0 Å². The van der Waals surface area contributed by atoms with Crippen molar-refractivity contribution in [3.63, 3.8) is 0 Å². The molecular formula is C10H9N5O2S. The lowest BCUT2D eigenvalue weighted by Gasteiger charge is -2.07. The van der Waals surface area contributed by atoms with E-state index >= 15 is 0 Å². The first-order valence-corrected chi connectivity index (χ1v) is 6.78. The second kappa shape index (κ2) is 4.46. The maximum Gasteiger partial charge on any atom is 0.231 e. The molecule has 0 spiro atoms. The molecule has 0 amide bonds. The highest BCUT2D eigenvalue weighted by Gasteiger charge is 2.16. The van der Waals surface area contributed by atoms with Crippen molar-refractivity contribution in [2.45, 2.75) is 0 Å². The van der Waals surface area contributed by atoms with Crippen LogP contribution < -0.4 is 4.72 Å². The van der Waals surface area contributed by atoms with Crippen LogP contribution in [0.1, 0.15) is 5.56 Å². The van der Waals surface area contributed by atoms with E-state index < -0.39 is 10.0 Å². The van der Waals surface area contributed by atoms with Gasteiger partial charge in [0.1, 0.15) is 11.6 Å². The molecule has 0 aliphatic carbocycles. The Morgan fingerprint density at radius 1 is 1.44 bits per heavy atom. The Kier molecular flexibility index (Phi) is 2.99. The largest absolute Gasteiger partial charge is 0.266 e. The Labute approximate surface area is 104 Å². The average Bonchev–Trinajstić information content (AvgIpc) is 2.71. The van der Waals surface area contributed by atoms with Crippen molar-refractivity contribution in [2.24, 2.45) is 0 Å². The van der Waals surface area contributed by atoms with Crippen LogP contribution in [-0.2, 0) is 10.0 Å². The van der Waals surface area contributed by atoms with Crippen LogP contribution >= 0.6 is 0 Å². The molecule has 7 nitrogen and oxygen atoms in total. The third-order valence-corrected chi connectivity index (χ3v) is 2.60. The molecule has 0 saturated carbocycles. The van der Waals surface area contributed by atoms with Crippen molar-refractivity contribution in [3.8, 4) is 11.9 Å². The van der Waals surface area contributed by atoms with Crippen LogP contribution in [0, 0.1) is 11.3 Å². The zero-order valence-electron chi connectivity index (χ0n) is 9.40. The Morgan fingerprint density at radius 2 is 2.22 bits per heavy atom. The summed E-state index contributed by atoms with van der Waals surface area (Å²) in [5.74, 6) is 0.504. The van der Waals surface area contributed by atoms with Crippen LogP contribution in [0.5, 0.6) is 0 Å². The van der Waals surface area contributed by atoms with Crippen molar-refractivity contribution in [2.75, 3.05) is 11.0 Å². The van der Waals surface area contributed by atoms with Gasteiger partial charge in [-0.25, -0.2) is 13.4 Å². The fourth-order valence-electron chi connectivity index (χ4n) is 1.36. The molecule has 1 N–H and O–H groups in total. The van der Waals surface area contributed by atoms with E-state index in [1.807, 2.05) is 6.07 Å². The third-order valence-electron chi connectivity index (χ3n) is 2.04. The normalized spacial score (nSPS) is 10.9. The van der Waals surface area contributed by atoms with Gasteiger partial charge < -0.3 is 0 Å². The van der Waals surface area contributed by atoms with Gasteiger partial charge in [-0.15, -0.1) is 0 Å². The first kappa shape index (κ1) is 12.1. The number of aromatic nitrogens is 3. The van der Waals surface area contributed by atoms with E-state index in [-0.39, 0.29) is 11.4 Å². The maximum absolute atomic E-state index is 11.3. The van der Waals surface area contributed by atoms with Crippen LogP contribution in [0.25, 0.3) is 5.82 Å². The number of nitrogens with one attached hydrogen (secondary N) is 1. The van der Waals surface area contributed by atoms with E-state index in [0.29, 0.717) is 5.82 Å². The summed E-state index contributed by atoms with van der Waals surface area (Å²) in [6, 6.07) is 6.99. The van der Waals surface area contributed by atoms with Crippen molar-refractivity contribution in [1.82, 2.24) is 14.8 Å². The van der Waals surface area contributed by atoms with Gasteiger partial charge in [0.2, 0.25) is 10.0 Å². The van der Waals surface area contributed by atoms with Gasteiger partial charge in [-0.05, 0) is 12.1 Å². The quantitative estimate of drug-likeness (QED) is 0.869. The zero-order valence-corrected chi connectivity index (χ0v) is 10.2. The number of sulfonamides is 1. The average molecular weight is 263 g/mol. The van der Waals surface area contributed by atoms with Gasteiger partial charge in [0.25, 0.3) is 0 Å². The first-order chi connectivity index (χ1) is 8.51. The van der Waals surface area contributed by atoms with Crippen LogP contribution in [0.2, 0.25) is 0 Å². The van der Waals surface area contributed by atoms with Crippen LogP contribution in [0.3, 0.4) is 0 Å². The van der Waals surface area contributed by atoms with E-state index in [4.69, 9.17) is 5.26 Å².